The molecule has 0 spiro atoms. The maximum absolute atomic E-state index is 7.02. The van der Waals surface area contributed by atoms with Crippen molar-refractivity contribution in [1.29, 1.82) is 0 Å². The van der Waals surface area contributed by atoms with Gasteiger partial charge in [0.2, 0.25) is 0 Å². The lowest BCUT2D eigenvalue weighted by Crippen LogP contribution is -2.26. The third kappa shape index (κ3) is 4.89. The van der Waals surface area contributed by atoms with Crippen molar-refractivity contribution in [3.05, 3.63) is 223 Å². The Hall–Kier alpha value is -7.16. The monoisotopic (exact) mass is 715 g/mol. The fourth-order valence-electron chi connectivity index (χ4n) is 9.30. The molecule has 2 nitrogen and oxygen atoms in total. The second kappa shape index (κ2) is 12.7. The number of fused-ring (bicyclic) bond motifs is 7. The number of para-hydroxylation sites is 1. The molecule has 0 fully saturated rings. The number of hydrogen-bond acceptors (Lipinski definition) is 2. The highest BCUT2D eigenvalue weighted by Gasteiger charge is 2.45. The predicted octanol–water partition coefficient (Wildman–Crippen LogP) is 14.9. The van der Waals surface area contributed by atoms with Gasteiger partial charge in [-0.05, 0) is 105 Å². The lowest BCUT2D eigenvalue weighted by molar-refractivity contribution is 0.638. The average Bonchev–Trinajstić information content (AvgIpc) is 3.77. The third-order valence-electron chi connectivity index (χ3n) is 11.9. The highest BCUT2D eigenvalue weighted by atomic mass is 16.3. The van der Waals surface area contributed by atoms with Gasteiger partial charge in [0.15, 0.2) is 0 Å². The Bertz CT molecular complexity index is 3030. The molecule has 9 aromatic carbocycles. The number of anilines is 3. The molecule has 1 aliphatic rings. The van der Waals surface area contributed by atoms with Crippen LogP contribution < -0.4 is 4.90 Å². The molecule has 0 saturated heterocycles. The van der Waals surface area contributed by atoms with Crippen LogP contribution in [0.4, 0.5) is 17.1 Å². The molecular formula is C54H37NO. The van der Waals surface area contributed by atoms with Crippen LogP contribution in [0.15, 0.2) is 211 Å². The predicted molar refractivity (Wildman–Crippen MR) is 234 cm³/mol. The smallest absolute Gasteiger partial charge is 0.141 e. The molecule has 2 heteroatoms. The molecule has 264 valence electrons. The fraction of sp³-hybridized carbons (Fsp3) is 0.0370. The van der Waals surface area contributed by atoms with Gasteiger partial charge in [-0.3, -0.25) is 0 Å². The fourth-order valence-corrected chi connectivity index (χ4v) is 9.30. The van der Waals surface area contributed by atoms with Crippen molar-refractivity contribution in [2.24, 2.45) is 0 Å². The third-order valence-corrected chi connectivity index (χ3v) is 11.9. The maximum Gasteiger partial charge on any atom is 0.141 e. The quantitative estimate of drug-likeness (QED) is 0.170. The van der Waals surface area contributed by atoms with Gasteiger partial charge in [0.05, 0.1) is 5.69 Å². The molecule has 56 heavy (non-hydrogen) atoms. The molecule has 0 saturated carbocycles. The Balaban J connectivity index is 1.19. The summed E-state index contributed by atoms with van der Waals surface area (Å²) in [6.45, 7) is 2.39. The molecule has 0 aliphatic heterocycles. The minimum Gasteiger partial charge on any atom is -0.456 e. The number of nitrogens with zero attached hydrogens (tertiary/aromatic N) is 1. The number of rotatable bonds is 6. The minimum absolute atomic E-state index is 0.527. The Morgan fingerprint density at radius 1 is 0.393 bits per heavy atom. The van der Waals surface area contributed by atoms with E-state index in [2.05, 4.69) is 218 Å². The van der Waals surface area contributed by atoms with E-state index in [1.165, 1.54) is 55.3 Å². The standard InChI is InChI=1S/C54H37NO/c1-54(48-23-10-7-19-44(48)45-20-8-11-24-49(45)54)52-50(35-34-47-46-21-9-12-25-51(46)56-53(47)52)55(40-30-26-37(27-31-40)36-14-3-2-4-15-36)41-32-28-39(29-33-41)43-22-13-17-38-16-5-6-18-42(38)43/h2-35H,1H3. The number of hydrogen-bond donors (Lipinski definition) is 0. The highest BCUT2D eigenvalue weighted by molar-refractivity contribution is 6.09. The van der Waals surface area contributed by atoms with Gasteiger partial charge in [0.25, 0.3) is 0 Å². The van der Waals surface area contributed by atoms with Crippen molar-refractivity contribution in [1.82, 2.24) is 0 Å². The van der Waals surface area contributed by atoms with Gasteiger partial charge in [0.1, 0.15) is 11.2 Å². The summed E-state index contributed by atoms with van der Waals surface area (Å²) in [5.74, 6) is 0. The largest absolute Gasteiger partial charge is 0.456 e. The maximum atomic E-state index is 7.02. The van der Waals surface area contributed by atoms with E-state index < -0.39 is 5.41 Å². The van der Waals surface area contributed by atoms with Crippen molar-refractivity contribution < 1.29 is 4.42 Å². The summed E-state index contributed by atoms with van der Waals surface area (Å²) in [4.78, 5) is 2.43. The molecule has 1 aromatic heterocycles. The topological polar surface area (TPSA) is 16.4 Å². The second-order valence-electron chi connectivity index (χ2n) is 15.0. The van der Waals surface area contributed by atoms with E-state index in [0.717, 1.165) is 44.6 Å². The first kappa shape index (κ1) is 32.3. The first-order chi connectivity index (χ1) is 27.7. The van der Waals surface area contributed by atoms with E-state index in [0.29, 0.717) is 0 Å². The Morgan fingerprint density at radius 3 is 1.64 bits per heavy atom. The SMILES string of the molecule is CC1(c2c(N(c3ccc(-c4ccccc4)cc3)c3ccc(-c4cccc5ccccc45)cc3)ccc3c2oc2ccccc23)c2ccccc2-c2ccccc21. The van der Waals surface area contributed by atoms with E-state index in [1.807, 2.05) is 0 Å². The van der Waals surface area contributed by atoms with E-state index in [-0.39, 0.29) is 0 Å². The summed E-state index contributed by atoms with van der Waals surface area (Å²) in [5.41, 5.74) is 15.5. The van der Waals surface area contributed by atoms with Crippen LogP contribution in [0.25, 0.3) is 66.1 Å². The summed E-state index contributed by atoms with van der Waals surface area (Å²) in [7, 11) is 0. The van der Waals surface area contributed by atoms with Crippen LogP contribution in [-0.4, -0.2) is 0 Å². The van der Waals surface area contributed by atoms with Crippen LogP contribution >= 0.6 is 0 Å². The van der Waals surface area contributed by atoms with Gasteiger partial charge < -0.3 is 9.32 Å². The van der Waals surface area contributed by atoms with Gasteiger partial charge in [-0.15, -0.1) is 0 Å². The van der Waals surface area contributed by atoms with Crippen molar-refractivity contribution >= 4 is 49.8 Å². The van der Waals surface area contributed by atoms with Crippen LogP contribution in [0, 0.1) is 0 Å². The van der Waals surface area contributed by atoms with Crippen LogP contribution in [-0.2, 0) is 5.41 Å². The van der Waals surface area contributed by atoms with Crippen molar-refractivity contribution in [2.45, 2.75) is 12.3 Å². The van der Waals surface area contributed by atoms with E-state index in [1.54, 1.807) is 0 Å². The van der Waals surface area contributed by atoms with Gasteiger partial charge in [-0.2, -0.15) is 0 Å². The van der Waals surface area contributed by atoms with E-state index in [9.17, 15) is 0 Å². The molecule has 0 unspecified atom stereocenters. The molecule has 0 atom stereocenters. The average molecular weight is 716 g/mol. The van der Waals surface area contributed by atoms with Crippen LogP contribution in [0.2, 0.25) is 0 Å². The molecule has 10 aromatic rings. The summed E-state index contributed by atoms with van der Waals surface area (Å²) < 4.78 is 7.02. The molecule has 11 rings (SSSR count). The zero-order chi connectivity index (χ0) is 37.2. The molecule has 1 aliphatic carbocycles. The highest BCUT2D eigenvalue weighted by Crippen LogP contribution is 2.57. The summed E-state index contributed by atoms with van der Waals surface area (Å²) in [6, 6.07) is 74.7. The normalized spacial score (nSPS) is 12.9. The first-order valence-corrected chi connectivity index (χ1v) is 19.3. The molecule has 0 N–H and O–H groups in total. The van der Waals surface area contributed by atoms with Gasteiger partial charge in [-0.1, -0.05) is 164 Å². The first-order valence-electron chi connectivity index (χ1n) is 19.3. The molecular weight excluding hydrogens is 679 g/mol. The molecule has 1 heterocycles. The van der Waals surface area contributed by atoms with Gasteiger partial charge in [0, 0.05) is 33.1 Å². The van der Waals surface area contributed by atoms with Crippen molar-refractivity contribution in [3.63, 3.8) is 0 Å². The summed E-state index contributed by atoms with van der Waals surface area (Å²) in [5, 5.41) is 4.73. The van der Waals surface area contributed by atoms with Gasteiger partial charge in [-0.25, -0.2) is 0 Å². The van der Waals surface area contributed by atoms with E-state index >= 15 is 0 Å². The molecule has 0 amide bonds. The molecule has 0 radical (unpaired) electrons. The minimum atomic E-state index is -0.527. The second-order valence-corrected chi connectivity index (χ2v) is 15.0. The van der Waals surface area contributed by atoms with Crippen LogP contribution in [0.3, 0.4) is 0 Å². The zero-order valence-corrected chi connectivity index (χ0v) is 31.0. The van der Waals surface area contributed by atoms with Crippen LogP contribution in [0.5, 0.6) is 0 Å². The van der Waals surface area contributed by atoms with Crippen LogP contribution in [0.1, 0.15) is 23.6 Å². The van der Waals surface area contributed by atoms with Crippen molar-refractivity contribution in [2.75, 3.05) is 4.90 Å². The zero-order valence-electron chi connectivity index (χ0n) is 31.0. The lowest BCUT2D eigenvalue weighted by Gasteiger charge is -2.35. The van der Waals surface area contributed by atoms with Gasteiger partial charge >= 0.3 is 0 Å². The van der Waals surface area contributed by atoms with Crippen molar-refractivity contribution in [3.8, 4) is 33.4 Å². The Morgan fingerprint density at radius 2 is 0.929 bits per heavy atom. The number of benzene rings is 9. The lowest BCUT2D eigenvalue weighted by atomic mass is 9.72. The number of furan rings is 1. The summed E-state index contributed by atoms with van der Waals surface area (Å²) in [6.07, 6.45) is 0. The molecule has 0 bridgehead atoms. The Labute approximate surface area is 326 Å². The van der Waals surface area contributed by atoms with E-state index in [4.69, 9.17) is 4.42 Å². The Kier molecular flexibility index (Phi) is 7.33. The summed E-state index contributed by atoms with van der Waals surface area (Å²) >= 11 is 0.